The molecule has 76 valence electrons. The van der Waals surface area contributed by atoms with E-state index in [0.717, 1.165) is 22.3 Å². The standard InChI is InChI=1S/C9H11NO2S2/c11-8-3-5-14-9(13)10(8)6-7-2-1-4-12-7/h1-2,4,8,11H,3,5-6H2. The van der Waals surface area contributed by atoms with Crippen molar-refractivity contribution in [3.05, 3.63) is 24.2 Å². The van der Waals surface area contributed by atoms with Crippen molar-refractivity contribution in [2.24, 2.45) is 0 Å². The minimum atomic E-state index is -0.464. The van der Waals surface area contributed by atoms with Crippen molar-refractivity contribution in [1.82, 2.24) is 4.90 Å². The summed E-state index contributed by atoms with van der Waals surface area (Å²) in [6, 6.07) is 3.72. The fraction of sp³-hybridized carbons (Fsp3) is 0.444. The van der Waals surface area contributed by atoms with Crippen molar-refractivity contribution < 1.29 is 9.52 Å². The number of nitrogens with zero attached hydrogens (tertiary/aromatic N) is 1. The van der Waals surface area contributed by atoms with Gasteiger partial charge < -0.3 is 14.4 Å². The van der Waals surface area contributed by atoms with Crippen LogP contribution in [0.15, 0.2) is 22.8 Å². The quantitative estimate of drug-likeness (QED) is 0.783. The molecule has 1 aliphatic heterocycles. The lowest BCUT2D eigenvalue weighted by molar-refractivity contribution is 0.0445. The summed E-state index contributed by atoms with van der Waals surface area (Å²) in [5.74, 6) is 1.73. The Kier molecular flexibility index (Phi) is 3.10. The second kappa shape index (κ2) is 4.33. The molecule has 1 N–H and O–H groups in total. The zero-order valence-electron chi connectivity index (χ0n) is 7.55. The highest BCUT2D eigenvalue weighted by molar-refractivity contribution is 8.22. The van der Waals surface area contributed by atoms with Crippen molar-refractivity contribution in [2.45, 2.75) is 19.2 Å². The summed E-state index contributed by atoms with van der Waals surface area (Å²) in [6.45, 7) is 0.556. The maximum atomic E-state index is 9.72. The average molecular weight is 229 g/mol. The molecule has 14 heavy (non-hydrogen) atoms. The van der Waals surface area contributed by atoms with Gasteiger partial charge in [0.2, 0.25) is 0 Å². The third-order valence-corrected chi connectivity index (χ3v) is 3.61. The molecule has 0 saturated carbocycles. The SMILES string of the molecule is OC1CCSC(=S)N1Cc1ccco1. The predicted octanol–water partition coefficient (Wildman–Crippen LogP) is 1.82. The first-order chi connectivity index (χ1) is 6.77. The number of hydrogen-bond acceptors (Lipinski definition) is 4. The molecule has 2 rings (SSSR count). The van der Waals surface area contributed by atoms with Gasteiger partial charge in [-0.1, -0.05) is 24.0 Å². The first-order valence-electron chi connectivity index (χ1n) is 4.41. The van der Waals surface area contributed by atoms with Crippen molar-refractivity contribution >= 4 is 28.3 Å². The second-order valence-electron chi connectivity index (χ2n) is 3.09. The van der Waals surface area contributed by atoms with Crippen molar-refractivity contribution in [2.75, 3.05) is 5.75 Å². The minimum absolute atomic E-state index is 0.464. The second-order valence-corrected chi connectivity index (χ2v) is 4.82. The van der Waals surface area contributed by atoms with Gasteiger partial charge >= 0.3 is 0 Å². The molecular formula is C9H11NO2S2. The van der Waals surface area contributed by atoms with Crippen LogP contribution in [0.4, 0.5) is 0 Å². The number of thiocarbonyl (C=S) groups is 1. The highest BCUT2D eigenvalue weighted by atomic mass is 32.2. The van der Waals surface area contributed by atoms with E-state index >= 15 is 0 Å². The molecule has 5 heteroatoms. The lowest BCUT2D eigenvalue weighted by atomic mass is 10.3. The summed E-state index contributed by atoms with van der Waals surface area (Å²) in [6.07, 6.45) is 1.92. The molecule has 0 aromatic carbocycles. The van der Waals surface area contributed by atoms with Crippen LogP contribution in [0.25, 0.3) is 0 Å². The van der Waals surface area contributed by atoms with Gasteiger partial charge in [0.1, 0.15) is 16.3 Å². The number of furan rings is 1. The summed E-state index contributed by atoms with van der Waals surface area (Å²) >= 11 is 6.77. The van der Waals surface area contributed by atoms with Gasteiger partial charge in [-0.05, 0) is 12.1 Å². The minimum Gasteiger partial charge on any atom is -0.467 e. The maximum absolute atomic E-state index is 9.72. The molecule has 1 aromatic rings. The number of rotatable bonds is 2. The van der Waals surface area contributed by atoms with Gasteiger partial charge in [0.15, 0.2) is 0 Å². The van der Waals surface area contributed by atoms with Gasteiger partial charge in [0, 0.05) is 12.2 Å². The molecule has 1 saturated heterocycles. The largest absolute Gasteiger partial charge is 0.467 e. The highest BCUT2D eigenvalue weighted by Gasteiger charge is 2.24. The van der Waals surface area contributed by atoms with Crippen LogP contribution >= 0.6 is 24.0 Å². The van der Waals surface area contributed by atoms with Crippen molar-refractivity contribution in [1.29, 1.82) is 0 Å². The highest BCUT2D eigenvalue weighted by Crippen LogP contribution is 2.23. The molecule has 0 bridgehead atoms. The van der Waals surface area contributed by atoms with Gasteiger partial charge in [-0.2, -0.15) is 0 Å². The summed E-state index contributed by atoms with van der Waals surface area (Å²) in [7, 11) is 0. The van der Waals surface area contributed by atoms with E-state index in [1.165, 1.54) is 0 Å². The number of hydrogen-bond donors (Lipinski definition) is 1. The Balaban J connectivity index is 2.04. The average Bonchev–Trinajstić information content (AvgIpc) is 2.64. The van der Waals surface area contributed by atoms with Crippen LogP contribution in [0.5, 0.6) is 0 Å². The Labute approximate surface area is 92.1 Å². The monoisotopic (exact) mass is 229 g/mol. The Morgan fingerprint density at radius 3 is 3.21 bits per heavy atom. The third kappa shape index (κ3) is 2.10. The van der Waals surface area contributed by atoms with E-state index in [-0.39, 0.29) is 0 Å². The molecule has 1 atom stereocenters. The first kappa shape index (κ1) is 10.0. The smallest absolute Gasteiger partial charge is 0.138 e. The molecule has 0 aliphatic carbocycles. The van der Waals surface area contributed by atoms with Gasteiger partial charge in [-0.3, -0.25) is 0 Å². The van der Waals surface area contributed by atoms with Crippen molar-refractivity contribution in [3.63, 3.8) is 0 Å². The summed E-state index contributed by atoms with van der Waals surface area (Å²) in [4.78, 5) is 1.79. The number of thioether (sulfide) groups is 1. The Morgan fingerprint density at radius 1 is 1.71 bits per heavy atom. The van der Waals surface area contributed by atoms with Crippen LogP contribution in [-0.4, -0.2) is 26.3 Å². The van der Waals surface area contributed by atoms with E-state index in [2.05, 4.69) is 0 Å². The van der Waals surface area contributed by atoms with Gasteiger partial charge in [-0.25, -0.2) is 0 Å². The van der Waals surface area contributed by atoms with Crippen LogP contribution < -0.4 is 0 Å². The van der Waals surface area contributed by atoms with Crippen molar-refractivity contribution in [3.8, 4) is 0 Å². The van der Waals surface area contributed by atoms with Gasteiger partial charge in [-0.15, -0.1) is 0 Å². The molecule has 2 heterocycles. The Hall–Kier alpha value is -0.520. The first-order valence-corrected chi connectivity index (χ1v) is 5.80. The topological polar surface area (TPSA) is 36.6 Å². The maximum Gasteiger partial charge on any atom is 0.138 e. The summed E-state index contributed by atoms with van der Waals surface area (Å²) in [5, 5.41) is 9.72. The Bertz CT molecular complexity index is 313. The molecule has 0 radical (unpaired) electrons. The lowest BCUT2D eigenvalue weighted by Gasteiger charge is -2.32. The molecule has 1 aliphatic rings. The van der Waals surface area contributed by atoms with Crippen LogP contribution in [-0.2, 0) is 6.54 Å². The van der Waals surface area contributed by atoms with Crippen LogP contribution in [0.2, 0.25) is 0 Å². The van der Waals surface area contributed by atoms with Crippen LogP contribution in [0.1, 0.15) is 12.2 Å². The van der Waals surface area contributed by atoms with E-state index in [0.29, 0.717) is 6.54 Å². The molecular weight excluding hydrogens is 218 g/mol. The Morgan fingerprint density at radius 2 is 2.57 bits per heavy atom. The van der Waals surface area contributed by atoms with E-state index in [1.807, 2.05) is 12.1 Å². The molecule has 1 aromatic heterocycles. The van der Waals surface area contributed by atoms with Crippen LogP contribution in [0, 0.1) is 0 Å². The van der Waals surface area contributed by atoms with E-state index in [9.17, 15) is 5.11 Å². The molecule has 0 spiro atoms. The number of aliphatic hydroxyl groups is 1. The molecule has 3 nitrogen and oxygen atoms in total. The normalized spacial score (nSPS) is 22.8. The van der Waals surface area contributed by atoms with E-state index in [4.69, 9.17) is 16.6 Å². The zero-order chi connectivity index (χ0) is 9.97. The van der Waals surface area contributed by atoms with Crippen LogP contribution in [0.3, 0.4) is 0 Å². The fourth-order valence-corrected chi connectivity index (χ4v) is 2.64. The fourth-order valence-electron chi connectivity index (χ4n) is 1.35. The molecule has 1 fully saturated rings. The third-order valence-electron chi connectivity index (χ3n) is 2.10. The molecule has 0 amide bonds. The zero-order valence-corrected chi connectivity index (χ0v) is 9.18. The van der Waals surface area contributed by atoms with E-state index in [1.54, 1.807) is 22.9 Å². The predicted molar refractivity (Wildman–Crippen MR) is 59.9 cm³/mol. The number of aliphatic hydroxyl groups excluding tert-OH is 1. The van der Waals surface area contributed by atoms with Gasteiger partial charge in [0.05, 0.1) is 12.8 Å². The van der Waals surface area contributed by atoms with E-state index < -0.39 is 6.23 Å². The summed E-state index contributed by atoms with van der Waals surface area (Å²) < 4.78 is 5.96. The van der Waals surface area contributed by atoms with Gasteiger partial charge in [0.25, 0.3) is 0 Å². The summed E-state index contributed by atoms with van der Waals surface area (Å²) in [5.41, 5.74) is 0. The lowest BCUT2D eigenvalue weighted by Crippen LogP contribution is -2.40. The molecule has 1 unspecified atom stereocenters.